The van der Waals surface area contributed by atoms with Gasteiger partial charge in [0.1, 0.15) is 0 Å². The van der Waals surface area contributed by atoms with E-state index >= 15 is 0 Å². The van der Waals surface area contributed by atoms with Gasteiger partial charge in [-0.15, -0.1) is 0 Å². The van der Waals surface area contributed by atoms with Crippen molar-refractivity contribution in [1.82, 2.24) is 14.9 Å². The number of aromatic nitrogens is 2. The summed E-state index contributed by atoms with van der Waals surface area (Å²) in [6, 6.07) is 1.88. The van der Waals surface area contributed by atoms with E-state index in [2.05, 4.69) is 19.8 Å². The Morgan fingerprint density at radius 3 is 2.67 bits per heavy atom. The Morgan fingerprint density at radius 1 is 1.24 bits per heavy atom. The van der Waals surface area contributed by atoms with E-state index in [-0.39, 0.29) is 0 Å². The predicted molar refractivity (Wildman–Crippen MR) is 81.3 cm³/mol. The van der Waals surface area contributed by atoms with Gasteiger partial charge >= 0.3 is 0 Å². The molecule has 5 nitrogen and oxygen atoms in total. The van der Waals surface area contributed by atoms with Crippen molar-refractivity contribution in [2.75, 3.05) is 44.8 Å². The Balaban J connectivity index is 1.45. The fraction of sp³-hybridized carbons (Fsp3) is 0.750. The van der Waals surface area contributed by atoms with Gasteiger partial charge in [0.05, 0.1) is 12.1 Å². The Kier molecular flexibility index (Phi) is 3.34. The van der Waals surface area contributed by atoms with E-state index in [1.54, 1.807) is 0 Å². The Bertz CT molecular complexity index is 484. The first-order chi connectivity index (χ1) is 10.3. The zero-order valence-electron chi connectivity index (χ0n) is 12.7. The van der Waals surface area contributed by atoms with Gasteiger partial charge in [0.15, 0.2) is 0 Å². The SMILES string of the molecule is COCC1CN(CC2CC2)C2(C1)CN(c1ncccn1)C2. The summed E-state index contributed by atoms with van der Waals surface area (Å²) in [5.74, 6) is 2.52. The van der Waals surface area contributed by atoms with Crippen LogP contribution in [0.5, 0.6) is 0 Å². The van der Waals surface area contributed by atoms with E-state index in [0.717, 1.165) is 31.6 Å². The zero-order chi connectivity index (χ0) is 14.3. The van der Waals surface area contributed by atoms with Crippen LogP contribution in [0.15, 0.2) is 18.5 Å². The molecular formula is C16H24N4O. The first-order valence-corrected chi connectivity index (χ1v) is 8.05. The Morgan fingerprint density at radius 2 is 2.00 bits per heavy atom. The van der Waals surface area contributed by atoms with Crippen molar-refractivity contribution < 1.29 is 4.74 Å². The minimum Gasteiger partial charge on any atom is -0.384 e. The van der Waals surface area contributed by atoms with Gasteiger partial charge in [0.2, 0.25) is 5.95 Å². The van der Waals surface area contributed by atoms with Crippen LogP contribution in [0.3, 0.4) is 0 Å². The smallest absolute Gasteiger partial charge is 0.225 e. The summed E-state index contributed by atoms with van der Waals surface area (Å²) in [5, 5.41) is 0. The van der Waals surface area contributed by atoms with E-state index in [0.29, 0.717) is 11.5 Å². The van der Waals surface area contributed by atoms with E-state index in [4.69, 9.17) is 4.74 Å². The topological polar surface area (TPSA) is 41.5 Å². The van der Waals surface area contributed by atoms with E-state index in [9.17, 15) is 0 Å². The van der Waals surface area contributed by atoms with Gasteiger partial charge in [-0.3, -0.25) is 4.90 Å². The highest BCUT2D eigenvalue weighted by Crippen LogP contribution is 2.44. The Hall–Kier alpha value is -1.20. The van der Waals surface area contributed by atoms with Crippen LogP contribution >= 0.6 is 0 Å². The van der Waals surface area contributed by atoms with Crippen LogP contribution < -0.4 is 4.90 Å². The van der Waals surface area contributed by atoms with Gasteiger partial charge in [0.25, 0.3) is 0 Å². The third kappa shape index (κ3) is 2.53. The Labute approximate surface area is 126 Å². The van der Waals surface area contributed by atoms with Gasteiger partial charge in [0, 0.05) is 45.7 Å². The highest BCUT2D eigenvalue weighted by molar-refractivity contribution is 5.38. The van der Waals surface area contributed by atoms with Crippen molar-refractivity contribution in [2.45, 2.75) is 24.8 Å². The number of methoxy groups -OCH3 is 1. The van der Waals surface area contributed by atoms with Crippen molar-refractivity contribution in [3.05, 3.63) is 18.5 Å². The number of rotatable bonds is 5. The summed E-state index contributed by atoms with van der Waals surface area (Å²) in [6.07, 6.45) is 7.77. The molecule has 1 spiro atoms. The third-order valence-corrected chi connectivity index (χ3v) is 5.20. The maximum Gasteiger partial charge on any atom is 0.225 e. The maximum absolute atomic E-state index is 5.40. The van der Waals surface area contributed by atoms with E-state index in [1.807, 2.05) is 25.6 Å². The average molecular weight is 288 g/mol. The van der Waals surface area contributed by atoms with Crippen molar-refractivity contribution >= 4 is 5.95 Å². The molecule has 21 heavy (non-hydrogen) atoms. The van der Waals surface area contributed by atoms with Crippen LogP contribution in [0, 0.1) is 11.8 Å². The lowest BCUT2D eigenvalue weighted by molar-refractivity contribution is 0.0971. The summed E-state index contributed by atoms with van der Waals surface area (Å²) in [5.41, 5.74) is 0.352. The lowest BCUT2D eigenvalue weighted by atomic mass is 9.84. The second-order valence-corrected chi connectivity index (χ2v) is 7.00. The van der Waals surface area contributed by atoms with Crippen LogP contribution in [0.4, 0.5) is 5.95 Å². The molecule has 1 aliphatic carbocycles. The molecule has 1 aromatic heterocycles. The third-order valence-electron chi connectivity index (χ3n) is 5.20. The molecular weight excluding hydrogens is 264 g/mol. The second-order valence-electron chi connectivity index (χ2n) is 7.00. The van der Waals surface area contributed by atoms with Crippen LogP contribution in [0.2, 0.25) is 0 Å². The number of nitrogens with zero attached hydrogens (tertiary/aromatic N) is 4. The molecule has 3 heterocycles. The van der Waals surface area contributed by atoms with Crippen molar-refractivity contribution in [2.24, 2.45) is 11.8 Å². The number of hydrogen-bond donors (Lipinski definition) is 0. The number of hydrogen-bond acceptors (Lipinski definition) is 5. The number of anilines is 1. The van der Waals surface area contributed by atoms with Crippen LogP contribution in [-0.2, 0) is 4.74 Å². The molecule has 0 amide bonds. The molecule has 1 aromatic rings. The molecule has 0 aromatic carbocycles. The standard InChI is InChI=1S/C16H24N4O/c1-21-10-14-7-16(20(9-14)8-13-3-4-13)11-19(12-16)15-17-5-2-6-18-15/h2,5-6,13-14H,3-4,7-12H2,1H3. The van der Waals surface area contributed by atoms with Gasteiger partial charge in [-0.25, -0.2) is 9.97 Å². The van der Waals surface area contributed by atoms with Gasteiger partial charge < -0.3 is 9.64 Å². The van der Waals surface area contributed by atoms with Gasteiger partial charge in [-0.1, -0.05) is 0 Å². The average Bonchev–Trinajstić information content (AvgIpc) is 3.19. The number of likely N-dealkylation sites (tertiary alicyclic amines) is 1. The molecule has 1 saturated carbocycles. The summed E-state index contributed by atoms with van der Waals surface area (Å²) < 4.78 is 5.40. The molecule has 2 aliphatic heterocycles. The summed E-state index contributed by atoms with van der Waals surface area (Å²) in [6.45, 7) is 5.52. The fourth-order valence-corrected chi connectivity index (χ4v) is 4.05. The first-order valence-electron chi connectivity index (χ1n) is 8.05. The zero-order valence-corrected chi connectivity index (χ0v) is 12.7. The molecule has 0 radical (unpaired) electrons. The molecule has 1 atom stereocenters. The number of ether oxygens (including phenoxy) is 1. The molecule has 3 aliphatic rings. The highest BCUT2D eigenvalue weighted by atomic mass is 16.5. The lowest BCUT2D eigenvalue weighted by Gasteiger charge is -2.53. The van der Waals surface area contributed by atoms with Crippen LogP contribution in [0.25, 0.3) is 0 Å². The van der Waals surface area contributed by atoms with Gasteiger partial charge in [-0.05, 0) is 37.2 Å². The predicted octanol–water partition coefficient (Wildman–Crippen LogP) is 1.41. The van der Waals surface area contributed by atoms with E-state index in [1.165, 1.54) is 32.4 Å². The fourth-order valence-electron chi connectivity index (χ4n) is 4.05. The summed E-state index contributed by atoms with van der Waals surface area (Å²) >= 11 is 0. The molecule has 1 unspecified atom stereocenters. The second kappa shape index (κ2) is 5.21. The quantitative estimate of drug-likeness (QED) is 0.819. The summed E-state index contributed by atoms with van der Waals surface area (Å²) in [7, 11) is 1.82. The molecule has 114 valence electrons. The largest absolute Gasteiger partial charge is 0.384 e. The molecule has 4 rings (SSSR count). The molecule has 2 saturated heterocycles. The minimum atomic E-state index is 0.352. The van der Waals surface area contributed by atoms with Crippen molar-refractivity contribution in [3.8, 4) is 0 Å². The van der Waals surface area contributed by atoms with Crippen molar-refractivity contribution in [1.29, 1.82) is 0 Å². The molecule has 5 heteroatoms. The molecule has 0 N–H and O–H groups in total. The minimum absolute atomic E-state index is 0.352. The lowest BCUT2D eigenvalue weighted by Crippen LogP contribution is -2.68. The van der Waals surface area contributed by atoms with Crippen molar-refractivity contribution in [3.63, 3.8) is 0 Å². The van der Waals surface area contributed by atoms with Gasteiger partial charge in [-0.2, -0.15) is 0 Å². The monoisotopic (exact) mass is 288 g/mol. The maximum atomic E-state index is 5.40. The van der Waals surface area contributed by atoms with E-state index < -0.39 is 0 Å². The first kappa shape index (κ1) is 13.5. The highest BCUT2D eigenvalue weighted by Gasteiger charge is 2.54. The molecule has 0 bridgehead atoms. The molecule has 3 fully saturated rings. The summed E-state index contributed by atoms with van der Waals surface area (Å²) in [4.78, 5) is 13.8. The normalized spacial score (nSPS) is 28.0. The van der Waals surface area contributed by atoms with Crippen LogP contribution in [-0.4, -0.2) is 60.3 Å². The van der Waals surface area contributed by atoms with Crippen LogP contribution in [0.1, 0.15) is 19.3 Å².